The quantitative estimate of drug-likeness (QED) is 0.807. The van der Waals surface area contributed by atoms with Gasteiger partial charge in [-0.3, -0.25) is 4.79 Å². The number of aryl methyl sites for hydroxylation is 1. The van der Waals surface area contributed by atoms with Crippen LogP contribution in [0.5, 0.6) is 0 Å². The van der Waals surface area contributed by atoms with E-state index in [-0.39, 0.29) is 5.56 Å². The van der Waals surface area contributed by atoms with Gasteiger partial charge in [-0.15, -0.1) is 0 Å². The van der Waals surface area contributed by atoms with Crippen LogP contribution in [0.1, 0.15) is 0 Å². The molecule has 0 aliphatic heterocycles. The molecule has 13 heavy (non-hydrogen) atoms. The second-order valence-electron chi connectivity index (χ2n) is 2.63. The van der Waals surface area contributed by atoms with E-state index in [9.17, 15) is 4.79 Å². The van der Waals surface area contributed by atoms with Gasteiger partial charge >= 0.3 is 0 Å². The Bertz CT molecular complexity index is 528. The summed E-state index contributed by atoms with van der Waals surface area (Å²) in [6.45, 7) is 0. The van der Waals surface area contributed by atoms with Crippen LogP contribution in [-0.4, -0.2) is 14.5 Å². The predicted octanol–water partition coefficient (Wildman–Crippen LogP) is 1.79. The first-order valence-corrected chi connectivity index (χ1v) is 5.08. The highest BCUT2D eigenvalue weighted by molar-refractivity contribution is 9.13. The molecule has 0 aromatic carbocycles. The molecule has 0 saturated heterocycles. The molecule has 0 fully saturated rings. The maximum atomic E-state index is 11.3. The highest BCUT2D eigenvalue weighted by atomic mass is 79.9. The fraction of sp³-hybridized carbons (Fsp3) is 0.143. The molecular weight excluding hydrogens is 302 g/mol. The van der Waals surface area contributed by atoms with Gasteiger partial charge in [-0.1, -0.05) is 0 Å². The summed E-state index contributed by atoms with van der Waals surface area (Å²) in [5, 5.41) is 0. The van der Waals surface area contributed by atoms with Crippen LogP contribution in [0, 0.1) is 0 Å². The Morgan fingerprint density at radius 1 is 1.46 bits per heavy atom. The summed E-state index contributed by atoms with van der Waals surface area (Å²) in [7, 11) is 1.83. The summed E-state index contributed by atoms with van der Waals surface area (Å²) < 4.78 is 2.92. The number of fused-ring (bicyclic) bond motifs is 1. The lowest BCUT2D eigenvalue weighted by molar-refractivity contribution is 0.927. The van der Waals surface area contributed by atoms with Crippen LogP contribution < -0.4 is 5.56 Å². The normalized spacial score (nSPS) is 11.0. The van der Waals surface area contributed by atoms with Gasteiger partial charge in [0.25, 0.3) is 5.56 Å². The third-order valence-electron chi connectivity index (χ3n) is 1.77. The third kappa shape index (κ3) is 1.24. The molecule has 0 atom stereocenters. The number of hydrogen-bond donors (Lipinski definition) is 1. The number of halogens is 2. The van der Waals surface area contributed by atoms with Gasteiger partial charge in [-0.05, 0) is 31.9 Å². The summed E-state index contributed by atoms with van der Waals surface area (Å²) in [6.07, 6.45) is 1.65. The summed E-state index contributed by atoms with van der Waals surface area (Å²) in [5.41, 5.74) is 1.29. The van der Waals surface area contributed by atoms with Crippen LogP contribution in [0.4, 0.5) is 0 Å². The van der Waals surface area contributed by atoms with Crippen LogP contribution in [0.15, 0.2) is 20.1 Å². The zero-order chi connectivity index (χ0) is 9.59. The van der Waals surface area contributed by atoms with Gasteiger partial charge in [0.05, 0.1) is 15.3 Å². The van der Waals surface area contributed by atoms with Crippen molar-refractivity contribution < 1.29 is 0 Å². The van der Waals surface area contributed by atoms with Crippen LogP contribution in [0.2, 0.25) is 0 Å². The van der Waals surface area contributed by atoms with E-state index in [2.05, 4.69) is 41.8 Å². The maximum absolute atomic E-state index is 11.3. The largest absolute Gasteiger partial charge is 0.320 e. The lowest BCUT2D eigenvalue weighted by atomic mass is 10.4. The van der Waals surface area contributed by atoms with E-state index < -0.39 is 0 Å². The average molecular weight is 307 g/mol. The van der Waals surface area contributed by atoms with Gasteiger partial charge in [-0.2, -0.15) is 0 Å². The number of aromatic amines is 1. The topological polar surface area (TPSA) is 50.7 Å². The molecule has 2 aromatic heterocycles. The summed E-state index contributed by atoms with van der Waals surface area (Å²) in [5.74, 6) is 0. The molecule has 0 aliphatic rings. The Hall–Kier alpha value is -0.620. The van der Waals surface area contributed by atoms with Crippen LogP contribution in [0.25, 0.3) is 11.2 Å². The second kappa shape index (κ2) is 2.95. The third-order valence-corrected chi connectivity index (χ3v) is 3.83. The van der Waals surface area contributed by atoms with E-state index in [4.69, 9.17) is 0 Å². The lowest BCUT2D eigenvalue weighted by Crippen LogP contribution is -2.08. The summed E-state index contributed by atoms with van der Waals surface area (Å²) in [4.78, 5) is 18.2. The Morgan fingerprint density at radius 3 is 2.85 bits per heavy atom. The van der Waals surface area contributed by atoms with Gasteiger partial charge < -0.3 is 9.55 Å². The molecule has 4 nitrogen and oxygen atoms in total. The molecule has 0 saturated carbocycles. The molecule has 0 bridgehead atoms. The summed E-state index contributed by atoms with van der Waals surface area (Å²) in [6, 6.07) is 0. The molecule has 2 heterocycles. The standard InChI is InChI=1S/C7H5Br2N3O/c1-12-2-10-5-3(8)4(9)7(13)11-6(5)12/h2H,1H3,(H,11,13). The molecule has 0 aliphatic carbocycles. The Labute approximate surface area is 90.2 Å². The highest BCUT2D eigenvalue weighted by Crippen LogP contribution is 2.25. The highest BCUT2D eigenvalue weighted by Gasteiger charge is 2.10. The van der Waals surface area contributed by atoms with Crippen LogP contribution in [-0.2, 0) is 7.05 Å². The van der Waals surface area contributed by atoms with Crippen molar-refractivity contribution in [1.29, 1.82) is 0 Å². The number of rotatable bonds is 0. The number of H-pyrrole nitrogens is 1. The molecule has 2 aromatic rings. The first kappa shape index (κ1) is 8.96. The van der Waals surface area contributed by atoms with E-state index in [1.807, 2.05) is 7.05 Å². The van der Waals surface area contributed by atoms with Crippen LogP contribution >= 0.6 is 31.9 Å². The van der Waals surface area contributed by atoms with Crippen LogP contribution in [0.3, 0.4) is 0 Å². The van der Waals surface area contributed by atoms with Crippen molar-refractivity contribution in [2.75, 3.05) is 0 Å². The molecule has 1 N–H and O–H groups in total. The van der Waals surface area contributed by atoms with Gasteiger partial charge in [-0.25, -0.2) is 4.98 Å². The van der Waals surface area contributed by atoms with E-state index >= 15 is 0 Å². The number of aromatic nitrogens is 3. The minimum absolute atomic E-state index is 0.164. The molecule has 6 heteroatoms. The fourth-order valence-electron chi connectivity index (χ4n) is 1.10. The molecule has 0 spiro atoms. The zero-order valence-corrected chi connectivity index (χ0v) is 9.81. The van der Waals surface area contributed by atoms with Crippen molar-refractivity contribution in [2.24, 2.45) is 7.05 Å². The number of nitrogens with zero attached hydrogens (tertiary/aromatic N) is 2. The molecule has 0 unspecified atom stereocenters. The predicted molar refractivity (Wildman–Crippen MR) is 56.7 cm³/mol. The fourth-order valence-corrected chi connectivity index (χ4v) is 1.86. The van der Waals surface area contributed by atoms with Crippen molar-refractivity contribution in [3.63, 3.8) is 0 Å². The van der Waals surface area contributed by atoms with Crippen molar-refractivity contribution in [1.82, 2.24) is 14.5 Å². The monoisotopic (exact) mass is 305 g/mol. The Kier molecular flexibility index (Phi) is 2.03. The molecule has 0 radical (unpaired) electrons. The lowest BCUT2D eigenvalue weighted by Gasteiger charge is -1.97. The molecule has 68 valence electrons. The molecular formula is C7H5Br2N3O. The van der Waals surface area contributed by atoms with E-state index in [0.29, 0.717) is 14.6 Å². The van der Waals surface area contributed by atoms with Crippen molar-refractivity contribution >= 4 is 43.0 Å². The van der Waals surface area contributed by atoms with Crippen molar-refractivity contribution in [3.8, 4) is 0 Å². The summed E-state index contributed by atoms with van der Waals surface area (Å²) >= 11 is 6.47. The zero-order valence-electron chi connectivity index (χ0n) is 6.64. The van der Waals surface area contributed by atoms with E-state index in [1.54, 1.807) is 10.9 Å². The van der Waals surface area contributed by atoms with Gasteiger partial charge in [0, 0.05) is 7.05 Å². The van der Waals surface area contributed by atoms with Gasteiger partial charge in [0.1, 0.15) is 11.2 Å². The van der Waals surface area contributed by atoms with E-state index in [1.165, 1.54) is 0 Å². The average Bonchev–Trinajstić information content (AvgIpc) is 2.45. The molecule has 2 rings (SSSR count). The Morgan fingerprint density at radius 2 is 2.15 bits per heavy atom. The maximum Gasteiger partial charge on any atom is 0.265 e. The van der Waals surface area contributed by atoms with Crippen molar-refractivity contribution in [2.45, 2.75) is 0 Å². The minimum atomic E-state index is -0.164. The molecule has 0 amide bonds. The first-order chi connectivity index (χ1) is 6.11. The van der Waals surface area contributed by atoms with Crippen molar-refractivity contribution in [3.05, 3.63) is 25.6 Å². The SMILES string of the molecule is Cn1cnc2c(Br)c(Br)c(=O)[nH]c21. The number of hydrogen-bond acceptors (Lipinski definition) is 2. The first-order valence-electron chi connectivity index (χ1n) is 3.49. The van der Waals surface area contributed by atoms with E-state index in [0.717, 1.165) is 5.52 Å². The second-order valence-corrected chi connectivity index (χ2v) is 4.22. The number of pyridine rings is 1. The van der Waals surface area contributed by atoms with Gasteiger partial charge in [0.15, 0.2) is 0 Å². The van der Waals surface area contributed by atoms with Gasteiger partial charge in [0.2, 0.25) is 0 Å². The minimum Gasteiger partial charge on any atom is -0.320 e. The number of nitrogens with one attached hydrogen (secondary N) is 1. The smallest absolute Gasteiger partial charge is 0.265 e. The number of imidazole rings is 1. The Balaban J connectivity index is 3.05.